The van der Waals surface area contributed by atoms with Crippen LogP contribution in [0.1, 0.15) is 13.8 Å². The van der Waals surface area contributed by atoms with E-state index in [1.165, 1.54) is 0 Å². The van der Waals surface area contributed by atoms with E-state index in [-0.39, 0.29) is 5.97 Å². The lowest BCUT2D eigenvalue weighted by molar-refractivity contribution is -0.135. The standard InChI is InChI=1S/C7H12BrNO2/c1-3-9-6(5-8)7(10)11-4-2/h3-5H2,1-2H3/b9-6+. The summed E-state index contributed by atoms with van der Waals surface area (Å²) in [6.07, 6.45) is 0. The van der Waals surface area contributed by atoms with Crippen LogP contribution in [0.2, 0.25) is 0 Å². The van der Waals surface area contributed by atoms with Crippen LogP contribution in [0.15, 0.2) is 4.99 Å². The van der Waals surface area contributed by atoms with Crippen LogP contribution in [0.25, 0.3) is 0 Å². The Bertz CT molecular complexity index is 157. The van der Waals surface area contributed by atoms with Gasteiger partial charge in [-0.05, 0) is 13.8 Å². The SMILES string of the molecule is CC/N=C(\CBr)C(=O)OCC. The second kappa shape index (κ2) is 6.34. The summed E-state index contributed by atoms with van der Waals surface area (Å²) in [6, 6.07) is 0. The molecule has 0 unspecified atom stereocenters. The van der Waals surface area contributed by atoms with Gasteiger partial charge in [-0.1, -0.05) is 15.9 Å². The molecule has 0 aromatic rings. The van der Waals surface area contributed by atoms with Crippen molar-refractivity contribution >= 4 is 27.6 Å². The number of nitrogens with zero attached hydrogens (tertiary/aromatic N) is 1. The molecule has 0 rings (SSSR count). The Hall–Kier alpha value is -0.380. The average Bonchev–Trinajstić information content (AvgIpc) is 2.00. The molecule has 0 bridgehead atoms. The molecule has 0 aliphatic carbocycles. The van der Waals surface area contributed by atoms with Crippen LogP contribution in [0.3, 0.4) is 0 Å². The van der Waals surface area contributed by atoms with Gasteiger partial charge in [-0.15, -0.1) is 0 Å². The highest BCUT2D eigenvalue weighted by Gasteiger charge is 2.08. The molecule has 0 atom stereocenters. The minimum Gasteiger partial charge on any atom is -0.461 e. The first kappa shape index (κ1) is 10.6. The number of alkyl halides is 1. The Morgan fingerprint density at radius 1 is 1.55 bits per heavy atom. The molecule has 0 aromatic carbocycles. The third-order valence-electron chi connectivity index (χ3n) is 0.987. The molecule has 0 saturated carbocycles. The molecule has 0 aromatic heterocycles. The molecular formula is C7H12BrNO2. The van der Waals surface area contributed by atoms with Crippen molar-refractivity contribution in [3.63, 3.8) is 0 Å². The van der Waals surface area contributed by atoms with E-state index in [0.29, 0.717) is 24.2 Å². The third kappa shape index (κ3) is 4.14. The van der Waals surface area contributed by atoms with E-state index in [2.05, 4.69) is 20.9 Å². The molecule has 11 heavy (non-hydrogen) atoms. The van der Waals surface area contributed by atoms with Gasteiger partial charge in [0.25, 0.3) is 0 Å². The predicted octanol–water partition coefficient (Wildman–Crippen LogP) is 1.41. The van der Waals surface area contributed by atoms with E-state index in [9.17, 15) is 4.79 Å². The summed E-state index contributed by atoms with van der Waals surface area (Å²) in [4.78, 5) is 14.9. The van der Waals surface area contributed by atoms with E-state index in [0.717, 1.165) is 0 Å². The molecule has 0 heterocycles. The molecular weight excluding hydrogens is 210 g/mol. The van der Waals surface area contributed by atoms with Crippen LogP contribution in [0.4, 0.5) is 0 Å². The van der Waals surface area contributed by atoms with Crippen molar-refractivity contribution in [2.45, 2.75) is 13.8 Å². The first-order valence-corrected chi connectivity index (χ1v) is 4.64. The molecule has 0 fully saturated rings. The fourth-order valence-electron chi connectivity index (χ4n) is 0.567. The Balaban J connectivity index is 4.03. The summed E-state index contributed by atoms with van der Waals surface area (Å²) < 4.78 is 4.75. The summed E-state index contributed by atoms with van der Waals surface area (Å²) in [5.74, 6) is -0.328. The van der Waals surface area contributed by atoms with E-state index in [4.69, 9.17) is 4.74 Å². The fourth-order valence-corrected chi connectivity index (χ4v) is 0.973. The molecule has 0 aliphatic rings. The lowest BCUT2D eigenvalue weighted by Gasteiger charge is -2.00. The summed E-state index contributed by atoms with van der Waals surface area (Å²) in [5, 5.41) is 0.458. The van der Waals surface area contributed by atoms with Crippen molar-refractivity contribution in [1.82, 2.24) is 0 Å². The van der Waals surface area contributed by atoms with Crippen LogP contribution in [0.5, 0.6) is 0 Å². The largest absolute Gasteiger partial charge is 0.461 e. The van der Waals surface area contributed by atoms with Gasteiger partial charge >= 0.3 is 5.97 Å². The van der Waals surface area contributed by atoms with Crippen LogP contribution in [-0.4, -0.2) is 30.2 Å². The minimum absolute atomic E-state index is 0.328. The Morgan fingerprint density at radius 2 is 2.18 bits per heavy atom. The Kier molecular flexibility index (Phi) is 6.12. The first-order valence-electron chi connectivity index (χ1n) is 3.52. The van der Waals surface area contributed by atoms with Gasteiger partial charge < -0.3 is 4.74 Å². The van der Waals surface area contributed by atoms with E-state index < -0.39 is 0 Å². The van der Waals surface area contributed by atoms with Crippen molar-refractivity contribution in [2.75, 3.05) is 18.5 Å². The third-order valence-corrected chi connectivity index (χ3v) is 1.52. The fraction of sp³-hybridized carbons (Fsp3) is 0.714. The molecule has 0 amide bonds. The Labute approximate surface area is 75.0 Å². The lowest BCUT2D eigenvalue weighted by Crippen LogP contribution is -2.19. The molecule has 3 nitrogen and oxygen atoms in total. The summed E-state index contributed by atoms with van der Waals surface area (Å²) in [6.45, 7) is 4.66. The molecule has 0 radical (unpaired) electrons. The highest BCUT2D eigenvalue weighted by molar-refractivity contribution is 9.09. The number of ether oxygens (including phenoxy) is 1. The number of carbonyl (C=O) groups is 1. The maximum absolute atomic E-state index is 11.0. The Morgan fingerprint density at radius 3 is 2.55 bits per heavy atom. The van der Waals surface area contributed by atoms with Crippen molar-refractivity contribution in [2.24, 2.45) is 4.99 Å². The summed E-state index contributed by atoms with van der Waals surface area (Å²) >= 11 is 3.16. The van der Waals surface area contributed by atoms with Crippen molar-refractivity contribution in [3.05, 3.63) is 0 Å². The van der Waals surface area contributed by atoms with Gasteiger partial charge in [0, 0.05) is 6.54 Å². The maximum Gasteiger partial charge on any atom is 0.353 e. The zero-order chi connectivity index (χ0) is 8.69. The van der Waals surface area contributed by atoms with Gasteiger partial charge in [0.1, 0.15) is 5.71 Å². The van der Waals surface area contributed by atoms with Gasteiger partial charge in [0.2, 0.25) is 0 Å². The van der Waals surface area contributed by atoms with Crippen LogP contribution < -0.4 is 0 Å². The number of rotatable bonds is 4. The molecule has 0 N–H and O–H groups in total. The zero-order valence-corrected chi connectivity index (χ0v) is 8.35. The molecule has 4 heteroatoms. The molecule has 64 valence electrons. The summed E-state index contributed by atoms with van der Waals surface area (Å²) in [7, 11) is 0. The average molecular weight is 222 g/mol. The molecule has 0 saturated heterocycles. The second-order valence-corrected chi connectivity index (χ2v) is 2.34. The predicted molar refractivity (Wildman–Crippen MR) is 48.4 cm³/mol. The van der Waals surface area contributed by atoms with Crippen LogP contribution in [-0.2, 0) is 9.53 Å². The monoisotopic (exact) mass is 221 g/mol. The molecule has 0 spiro atoms. The number of aliphatic imine (C=N–C) groups is 1. The van der Waals surface area contributed by atoms with Crippen LogP contribution in [0, 0.1) is 0 Å². The number of esters is 1. The molecule has 0 aliphatic heterocycles. The lowest BCUT2D eigenvalue weighted by atomic mass is 10.4. The van der Waals surface area contributed by atoms with Gasteiger partial charge in [0.15, 0.2) is 0 Å². The van der Waals surface area contributed by atoms with Crippen molar-refractivity contribution < 1.29 is 9.53 Å². The smallest absolute Gasteiger partial charge is 0.353 e. The van der Waals surface area contributed by atoms with Gasteiger partial charge in [0.05, 0.1) is 11.9 Å². The highest BCUT2D eigenvalue weighted by Crippen LogP contribution is 1.91. The quantitative estimate of drug-likeness (QED) is 0.409. The van der Waals surface area contributed by atoms with E-state index >= 15 is 0 Å². The number of hydrogen-bond acceptors (Lipinski definition) is 3. The van der Waals surface area contributed by atoms with Gasteiger partial charge in [-0.3, -0.25) is 4.99 Å². The van der Waals surface area contributed by atoms with E-state index in [1.54, 1.807) is 6.92 Å². The summed E-state index contributed by atoms with van der Waals surface area (Å²) in [5.41, 5.74) is 0.453. The normalized spacial score (nSPS) is 11.4. The van der Waals surface area contributed by atoms with Gasteiger partial charge in [-0.2, -0.15) is 0 Å². The van der Waals surface area contributed by atoms with Crippen LogP contribution >= 0.6 is 15.9 Å². The van der Waals surface area contributed by atoms with Gasteiger partial charge in [-0.25, -0.2) is 4.79 Å². The minimum atomic E-state index is -0.328. The number of carbonyl (C=O) groups excluding carboxylic acids is 1. The van der Waals surface area contributed by atoms with E-state index in [1.807, 2.05) is 6.92 Å². The maximum atomic E-state index is 11.0. The van der Waals surface area contributed by atoms with Crippen molar-refractivity contribution in [1.29, 1.82) is 0 Å². The van der Waals surface area contributed by atoms with Crippen molar-refractivity contribution in [3.8, 4) is 0 Å². The second-order valence-electron chi connectivity index (χ2n) is 1.78. The number of halogens is 1. The topological polar surface area (TPSA) is 38.7 Å². The first-order chi connectivity index (χ1) is 5.26. The number of hydrogen-bond donors (Lipinski definition) is 0. The zero-order valence-electron chi connectivity index (χ0n) is 6.76. The highest BCUT2D eigenvalue weighted by atomic mass is 79.9.